The van der Waals surface area contributed by atoms with Crippen LogP contribution in [0.25, 0.3) is 0 Å². The quantitative estimate of drug-likeness (QED) is 0.762. The monoisotopic (exact) mass is 267 g/mol. The van der Waals surface area contributed by atoms with Gasteiger partial charge in [0.25, 0.3) is 0 Å². The van der Waals surface area contributed by atoms with Crippen LogP contribution in [0, 0.1) is 0 Å². The van der Waals surface area contributed by atoms with E-state index in [1.54, 1.807) is 0 Å². The first kappa shape index (κ1) is 14.8. The van der Waals surface area contributed by atoms with Crippen molar-refractivity contribution in [2.75, 3.05) is 19.6 Å². The van der Waals surface area contributed by atoms with Gasteiger partial charge in [-0.1, -0.05) is 25.7 Å². The zero-order valence-corrected chi connectivity index (χ0v) is 12.5. The molecule has 2 rings (SSSR count). The molecule has 1 saturated heterocycles. The molecule has 0 radical (unpaired) electrons. The second-order valence-corrected chi connectivity index (χ2v) is 6.34. The van der Waals surface area contributed by atoms with Crippen LogP contribution in [0.4, 0.5) is 0 Å². The first-order valence-corrected chi connectivity index (χ1v) is 7.92. The molecule has 0 aromatic carbocycles. The van der Waals surface area contributed by atoms with Crippen LogP contribution in [0.5, 0.6) is 0 Å². The molecule has 19 heavy (non-hydrogen) atoms. The van der Waals surface area contributed by atoms with Crippen molar-refractivity contribution < 1.29 is 4.79 Å². The van der Waals surface area contributed by atoms with Gasteiger partial charge in [0.15, 0.2) is 0 Å². The average molecular weight is 267 g/mol. The Kier molecular flexibility index (Phi) is 5.64. The molecule has 2 atom stereocenters. The molecule has 0 aromatic heterocycles. The summed E-state index contributed by atoms with van der Waals surface area (Å²) in [4.78, 5) is 14.5. The van der Waals surface area contributed by atoms with E-state index in [4.69, 9.17) is 0 Å². The van der Waals surface area contributed by atoms with Crippen LogP contribution in [-0.4, -0.2) is 48.6 Å². The molecule has 2 aliphatic rings. The number of nitrogens with one attached hydrogen (secondary N) is 2. The molecule has 4 heteroatoms. The minimum Gasteiger partial charge on any atom is -0.352 e. The minimum absolute atomic E-state index is 0.216. The van der Waals surface area contributed by atoms with Gasteiger partial charge in [0.2, 0.25) is 5.91 Å². The predicted octanol–water partition coefficient (Wildman–Crippen LogP) is 1.51. The Morgan fingerprint density at radius 2 is 1.89 bits per heavy atom. The molecular formula is C15H29N3O. The van der Waals surface area contributed by atoms with Crippen LogP contribution in [0.15, 0.2) is 0 Å². The van der Waals surface area contributed by atoms with E-state index in [0.717, 1.165) is 13.1 Å². The Morgan fingerprint density at radius 1 is 1.21 bits per heavy atom. The second kappa shape index (κ2) is 7.25. The molecule has 1 saturated carbocycles. The standard InChI is InChI=1S/C15H29N3O/c1-12-10-18(13(2)9-16-12)11-15(19)17-14-7-5-3-4-6-8-14/h12-14,16H,3-11H2,1-2H3,(H,17,19). The number of carbonyl (C=O) groups is 1. The summed E-state index contributed by atoms with van der Waals surface area (Å²) in [7, 11) is 0. The summed E-state index contributed by atoms with van der Waals surface area (Å²) in [6.07, 6.45) is 7.54. The van der Waals surface area contributed by atoms with Crippen molar-refractivity contribution in [1.29, 1.82) is 0 Å². The van der Waals surface area contributed by atoms with Crippen LogP contribution >= 0.6 is 0 Å². The van der Waals surface area contributed by atoms with Crippen LogP contribution in [-0.2, 0) is 4.79 Å². The number of rotatable bonds is 3. The average Bonchev–Trinajstić information content (AvgIpc) is 2.62. The Labute approximate surface area is 117 Å². The van der Waals surface area contributed by atoms with Gasteiger partial charge in [-0.3, -0.25) is 9.69 Å². The van der Waals surface area contributed by atoms with Crippen LogP contribution in [0.3, 0.4) is 0 Å². The maximum Gasteiger partial charge on any atom is 0.234 e. The molecular weight excluding hydrogens is 238 g/mol. The number of hydrogen-bond acceptors (Lipinski definition) is 3. The fraction of sp³-hybridized carbons (Fsp3) is 0.933. The van der Waals surface area contributed by atoms with E-state index in [9.17, 15) is 4.79 Å². The molecule has 4 nitrogen and oxygen atoms in total. The largest absolute Gasteiger partial charge is 0.352 e. The highest BCUT2D eigenvalue weighted by Gasteiger charge is 2.24. The van der Waals surface area contributed by atoms with Gasteiger partial charge in [-0.2, -0.15) is 0 Å². The van der Waals surface area contributed by atoms with Gasteiger partial charge in [-0.25, -0.2) is 0 Å². The topological polar surface area (TPSA) is 44.4 Å². The molecule has 0 spiro atoms. The molecule has 110 valence electrons. The van der Waals surface area contributed by atoms with Crippen molar-refractivity contribution in [1.82, 2.24) is 15.5 Å². The number of carbonyl (C=O) groups excluding carboxylic acids is 1. The second-order valence-electron chi connectivity index (χ2n) is 6.34. The zero-order chi connectivity index (χ0) is 13.7. The normalized spacial score (nSPS) is 30.8. The summed E-state index contributed by atoms with van der Waals surface area (Å²) >= 11 is 0. The van der Waals surface area contributed by atoms with Gasteiger partial charge in [-0.15, -0.1) is 0 Å². The van der Waals surface area contributed by atoms with E-state index < -0.39 is 0 Å². The molecule has 1 aliphatic heterocycles. The van der Waals surface area contributed by atoms with E-state index in [-0.39, 0.29) is 5.91 Å². The van der Waals surface area contributed by atoms with Crippen LogP contribution in [0.1, 0.15) is 52.4 Å². The molecule has 1 amide bonds. The third kappa shape index (κ3) is 4.77. The summed E-state index contributed by atoms with van der Waals surface area (Å²) in [5.41, 5.74) is 0. The van der Waals surface area contributed by atoms with Gasteiger partial charge in [-0.05, 0) is 26.7 Å². The fourth-order valence-electron chi connectivity index (χ4n) is 3.20. The van der Waals surface area contributed by atoms with Crippen molar-refractivity contribution in [2.24, 2.45) is 0 Å². The smallest absolute Gasteiger partial charge is 0.234 e. The first-order valence-electron chi connectivity index (χ1n) is 7.92. The van der Waals surface area contributed by atoms with E-state index in [2.05, 4.69) is 29.4 Å². The third-order valence-corrected chi connectivity index (χ3v) is 4.46. The van der Waals surface area contributed by atoms with Gasteiger partial charge in [0.1, 0.15) is 0 Å². The van der Waals surface area contributed by atoms with Crippen molar-refractivity contribution >= 4 is 5.91 Å². The van der Waals surface area contributed by atoms with Crippen LogP contribution in [0.2, 0.25) is 0 Å². The van der Waals surface area contributed by atoms with Gasteiger partial charge in [0.05, 0.1) is 6.54 Å². The maximum atomic E-state index is 12.2. The summed E-state index contributed by atoms with van der Waals surface area (Å²) in [5.74, 6) is 0.216. The highest BCUT2D eigenvalue weighted by molar-refractivity contribution is 5.78. The lowest BCUT2D eigenvalue weighted by molar-refractivity contribution is -0.123. The Hall–Kier alpha value is -0.610. The highest BCUT2D eigenvalue weighted by Crippen LogP contribution is 2.17. The van der Waals surface area contributed by atoms with Crippen LogP contribution < -0.4 is 10.6 Å². The number of piperazine rings is 1. The predicted molar refractivity (Wildman–Crippen MR) is 78.1 cm³/mol. The van der Waals surface area contributed by atoms with Crippen molar-refractivity contribution in [2.45, 2.75) is 70.5 Å². The van der Waals surface area contributed by atoms with Gasteiger partial charge in [0, 0.05) is 31.2 Å². The Morgan fingerprint density at radius 3 is 2.58 bits per heavy atom. The van der Waals surface area contributed by atoms with Crippen molar-refractivity contribution in [3.05, 3.63) is 0 Å². The molecule has 2 unspecified atom stereocenters. The summed E-state index contributed by atoms with van der Waals surface area (Å²) < 4.78 is 0. The highest BCUT2D eigenvalue weighted by atomic mass is 16.2. The molecule has 2 N–H and O–H groups in total. The molecule has 0 bridgehead atoms. The van der Waals surface area contributed by atoms with E-state index in [1.165, 1.54) is 38.5 Å². The van der Waals surface area contributed by atoms with E-state index >= 15 is 0 Å². The number of hydrogen-bond donors (Lipinski definition) is 2. The molecule has 0 aromatic rings. The van der Waals surface area contributed by atoms with Gasteiger partial charge >= 0.3 is 0 Å². The molecule has 1 heterocycles. The lowest BCUT2D eigenvalue weighted by Gasteiger charge is -2.37. The number of amides is 1. The third-order valence-electron chi connectivity index (χ3n) is 4.46. The first-order chi connectivity index (χ1) is 9.15. The van der Waals surface area contributed by atoms with Gasteiger partial charge < -0.3 is 10.6 Å². The van der Waals surface area contributed by atoms with Crippen molar-refractivity contribution in [3.63, 3.8) is 0 Å². The van der Waals surface area contributed by atoms with E-state index in [1.807, 2.05) is 0 Å². The zero-order valence-electron chi connectivity index (χ0n) is 12.5. The SMILES string of the molecule is CC1CN(CC(=O)NC2CCCCCC2)C(C)CN1. The minimum atomic E-state index is 0.216. The maximum absolute atomic E-state index is 12.2. The lowest BCUT2D eigenvalue weighted by Crippen LogP contribution is -2.56. The summed E-state index contributed by atoms with van der Waals surface area (Å²) in [6, 6.07) is 1.36. The Balaban J connectivity index is 1.76. The lowest BCUT2D eigenvalue weighted by atomic mass is 10.1. The summed E-state index contributed by atoms with van der Waals surface area (Å²) in [6.45, 7) is 6.89. The van der Waals surface area contributed by atoms with E-state index in [0.29, 0.717) is 24.7 Å². The summed E-state index contributed by atoms with van der Waals surface area (Å²) in [5, 5.41) is 6.69. The number of nitrogens with zero attached hydrogens (tertiary/aromatic N) is 1. The molecule has 2 fully saturated rings. The molecule has 1 aliphatic carbocycles. The fourth-order valence-corrected chi connectivity index (χ4v) is 3.20. The Bertz CT molecular complexity index is 287. The van der Waals surface area contributed by atoms with Crippen molar-refractivity contribution in [3.8, 4) is 0 Å².